The van der Waals surface area contributed by atoms with Crippen molar-refractivity contribution in [2.24, 2.45) is 0 Å². The summed E-state index contributed by atoms with van der Waals surface area (Å²) in [4.78, 5) is 29.7. The van der Waals surface area contributed by atoms with E-state index in [0.29, 0.717) is 29.5 Å². The van der Waals surface area contributed by atoms with Crippen LogP contribution in [0.1, 0.15) is 16.1 Å². The van der Waals surface area contributed by atoms with Gasteiger partial charge in [-0.05, 0) is 14.0 Å². The molecule has 2 aromatic rings. The molecule has 134 valence electrons. The number of rotatable bonds is 6. The third kappa shape index (κ3) is 4.67. The molecule has 0 spiro atoms. The second-order valence-electron chi connectivity index (χ2n) is 5.85. The molecule has 0 unspecified atom stereocenters. The number of aromatic amines is 1. The molecule has 3 rings (SSSR count). The molecular weight excluding hydrogens is 340 g/mol. The molecule has 3 heterocycles. The fraction of sp³-hybridized carbons (Fsp3) is 0.533. The minimum atomic E-state index is -0.152. The number of nitrogens with one attached hydrogen (secondary N) is 2. The molecule has 1 aliphatic heterocycles. The Morgan fingerprint density at radius 1 is 1.32 bits per heavy atom. The Labute approximate surface area is 150 Å². The van der Waals surface area contributed by atoms with E-state index in [1.165, 1.54) is 18.1 Å². The molecule has 2 aromatic heterocycles. The fourth-order valence-electron chi connectivity index (χ4n) is 2.51. The van der Waals surface area contributed by atoms with Crippen molar-refractivity contribution in [3.8, 4) is 0 Å². The van der Waals surface area contributed by atoms with E-state index in [1.807, 2.05) is 6.92 Å². The lowest BCUT2D eigenvalue weighted by atomic mass is 10.2. The highest BCUT2D eigenvalue weighted by molar-refractivity contribution is 7.99. The molecular formula is C15H22N8OS. The van der Waals surface area contributed by atoms with Crippen LogP contribution in [0.4, 0.5) is 5.95 Å². The fourth-order valence-corrected chi connectivity index (χ4v) is 3.14. The number of amides is 1. The lowest BCUT2D eigenvalue weighted by molar-refractivity contribution is 0.0954. The smallest absolute Gasteiger partial charge is 0.254 e. The highest BCUT2D eigenvalue weighted by Crippen LogP contribution is 2.14. The Morgan fingerprint density at radius 2 is 2.12 bits per heavy atom. The van der Waals surface area contributed by atoms with Gasteiger partial charge in [0.15, 0.2) is 5.16 Å². The maximum absolute atomic E-state index is 12.3. The highest BCUT2D eigenvalue weighted by atomic mass is 32.2. The van der Waals surface area contributed by atoms with Crippen LogP contribution >= 0.6 is 11.8 Å². The average Bonchev–Trinajstić information content (AvgIpc) is 3.12. The van der Waals surface area contributed by atoms with Crippen molar-refractivity contribution >= 4 is 23.6 Å². The third-order valence-corrected chi connectivity index (χ3v) is 4.90. The first-order valence-corrected chi connectivity index (χ1v) is 9.15. The molecule has 0 bridgehead atoms. The van der Waals surface area contributed by atoms with Crippen molar-refractivity contribution in [3.05, 3.63) is 23.8 Å². The number of anilines is 1. The lowest BCUT2D eigenvalue weighted by Gasteiger charge is -2.32. The molecule has 2 N–H and O–H groups in total. The zero-order valence-electron chi connectivity index (χ0n) is 14.4. The largest absolute Gasteiger partial charge is 0.351 e. The predicted octanol–water partition coefficient (Wildman–Crippen LogP) is 0.177. The van der Waals surface area contributed by atoms with E-state index in [2.05, 4.69) is 47.3 Å². The normalized spacial score (nSPS) is 15.4. The van der Waals surface area contributed by atoms with Gasteiger partial charge in [0, 0.05) is 44.7 Å². The second-order valence-corrected chi connectivity index (χ2v) is 6.94. The maximum Gasteiger partial charge on any atom is 0.254 e. The molecule has 9 nitrogen and oxygen atoms in total. The Hall–Kier alpha value is -2.20. The van der Waals surface area contributed by atoms with E-state index < -0.39 is 0 Å². The Kier molecular flexibility index (Phi) is 5.82. The summed E-state index contributed by atoms with van der Waals surface area (Å²) in [5.74, 6) is 1.25. The van der Waals surface area contributed by atoms with Crippen molar-refractivity contribution in [3.63, 3.8) is 0 Å². The molecule has 0 aromatic carbocycles. The van der Waals surface area contributed by atoms with Crippen LogP contribution in [0.15, 0.2) is 17.7 Å². The van der Waals surface area contributed by atoms with Gasteiger partial charge < -0.3 is 15.1 Å². The van der Waals surface area contributed by atoms with Gasteiger partial charge in [-0.25, -0.2) is 15.0 Å². The minimum Gasteiger partial charge on any atom is -0.351 e. The number of carbonyl (C=O) groups is 1. The summed E-state index contributed by atoms with van der Waals surface area (Å²) in [7, 11) is 2.11. The standard InChI is InChI=1S/C15H22N8OS/c1-11-12(13(24)16-3-8-25-15-18-10-19-21-15)9-17-14(20-11)23-6-4-22(2)5-7-23/h9-10H,3-8H2,1-2H3,(H,16,24)(H,18,19,21). The van der Waals surface area contributed by atoms with Gasteiger partial charge in [0.2, 0.25) is 5.95 Å². The van der Waals surface area contributed by atoms with E-state index in [0.717, 1.165) is 31.3 Å². The van der Waals surface area contributed by atoms with Crippen molar-refractivity contribution in [2.45, 2.75) is 12.1 Å². The highest BCUT2D eigenvalue weighted by Gasteiger charge is 2.18. The molecule has 1 fully saturated rings. The van der Waals surface area contributed by atoms with Crippen molar-refractivity contribution in [1.82, 2.24) is 35.4 Å². The van der Waals surface area contributed by atoms with Crippen molar-refractivity contribution in [1.29, 1.82) is 0 Å². The number of H-pyrrole nitrogens is 1. The van der Waals surface area contributed by atoms with Crippen LogP contribution in [-0.2, 0) is 0 Å². The molecule has 0 radical (unpaired) electrons. The molecule has 1 saturated heterocycles. The molecule has 0 saturated carbocycles. The van der Waals surface area contributed by atoms with Gasteiger partial charge in [-0.15, -0.1) is 0 Å². The van der Waals surface area contributed by atoms with Gasteiger partial charge >= 0.3 is 0 Å². The predicted molar refractivity (Wildman–Crippen MR) is 95.9 cm³/mol. The topological polar surface area (TPSA) is 103 Å². The first-order valence-electron chi connectivity index (χ1n) is 8.17. The van der Waals surface area contributed by atoms with Crippen LogP contribution in [0.2, 0.25) is 0 Å². The lowest BCUT2D eigenvalue weighted by Crippen LogP contribution is -2.45. The van der Waals surface area contributed by atoms with E-state index >= 15 is 0 Å². The van der Waals surface area contributed by atoms with Gasteiger partial charge in [-0.3, -0.25) is 9.89 Å². The number of aryl methyl sites for hydroxylation is 1. The van der Waals surface area contributed by atoms with Gasteiger partial charge in [-0.1, -0.05) is 11.8 Å². The van der Waals surface area contributed by atoms with Gasteiger partial charge in [-0.2, -0.15) is 5.10 Å². The summed E-state index contributed by atoms with van der Waals surface area (Å²) in [6.45, 7) is 6.17. The van der Waals surface area contributed by atoms with E-state index in [9.17, 15) is 4.79 Å². The summed E-state index contributed by atoms with van der Waals surface area (Å²) >= 11 is 1.50. The van der Waals surface area contributed by atoms with Crippen molar-refractivity contribution < 1.29 is 4.79 Å². The summed E-state index contributed by atoms with van der Waals surface area (Å²) in [6.07, 6.45) is 3.08. The molecule has 0 atom stereocenters. The van der Waals surface area contributed by atoms with Crippen LogP contribution in [0.25, 0.3) is 0 Å². The van der Waals surface area contributed by atoms with Gasteiger partial charge in [0.1, 0.15) is 6.33 Å². The van der Waals surface area contributed by atoms with E-state index in [4.69, 9.17) is 0 Å². The SMILES string of the molecule is Cc1nc(N2CCN(C)CC2)ncc1C(=O)NCCSc1ncn[nH]1. The Morgan fingerprint density at radius 3 is 2.80 bits per heavy atom. The molecule has 25 heavy (non-hydrogen) atoms. The molecule has 1 amide bonds. The summed E-state index contributed by atoms with van der Waals surface area (Å²) in [5, 5.41) is 10.2. The molecule has 0 aliphatic carbocycles. The van der Waals surface area contributed by atoms with Crippen LogP contribution < -0.4 is 10.2 Å². The zero-order chi connectivity index (χ0) is 17.6. The summed E-state index contributed by atoms with van der Waals surface area (Å²) in [6, 6.07) is 0. The number of hydrogen-bond acceptors (Lipinski definition) is 8. The summed E-state index contributed by atoms with van der Waals surface area (Å²) in [5.41, 5.74) is 1.21. The van der Waals surface area contributed by atoms with Crippen LogP contribution in [0.3, 0.4) is 0 Å². The number of carbonyl (C=O) groups excluding carboxylic acids is 1. The van der Waals surface area contributed by atoms with E-state index in [-0.39, 0.29) is 5.91 Å². The number of nitrogens with zero attached hydrogens (tertiary/aromatic N) is 6. The molecule has 10 heteroatoms. The minimum absolute atomic E-state index is 0.152. The van der Waals surface area contributed by atoms with Gasteiger partial charge in [0.05, 0.1) is 11.3 Å². The average molecular weight is 362 g/mol. The molecule has 1 aliphatic rings. The first kappa shape index (κ1) is 17.6. The Balaban J connectivity index is 1.52. The number of aromatic nitrogens is 5. The first-order chi connectivity index (χ1) is 12.1. The Bertz CT molecular complexity index is 700. The van der Waals surface area contributed by atoms with Crippen molar-refractivity contribution in [2.75, 3.05) is 50.4 Å². The summed E-state index contributed by atoms with van der Waals surface area (Å²) < 4.78 is 0. The van der Waals surface area contributed by atoms with Crippen LogP contribution in [0, 0.1) is 6.92 Å². The number of hydrogen-bond donors (Lipinski definition) is 2. The van der Waals surface area contributed by atoms with Crippen LogP contribution in [0.5, 0.6) is 0 Å². The maximum atomic E-state index is 12.3. The number of thioether (sulfide) groups is 1. The zero-order valence-corrected chi connectivity index (χ0v) is 15.2. The number of likely N-dealkylation sites (N-methyl/N-ethyl adjacent to an activating group) is 1. The van der Waals surface area contributed by atoms with Gasteiger partial charge in [0.25, 0.3) is 5.91 Å². The quantitative estimate of drug-likeness (QED) is 0.554. The third-order valence-electron chi connectivity index (χ3n) is 4.02. The monoisotopic (exact) mass is 362 g/mol. The van der Waals surface area contributed by atoms with Crippen LogP contribution in [-0.4, -0.2) is 81.5 Å². The number of piperazine rings is 1. The van der Waals surface area contributed by atoms with E-state index in [1.54, 1.807) is 6.20 Å². The second kappa shape index (κ2) is 8.26.